The van der Waals surface area contributed by atoms with Crippen LogP contribution in [0.5, 0.6) is 0 Å². The van der Waals surface area contributed by atoms with Crippen molar-refractivity contribution in [1.82, 2.24) is 15.0 Å². The first-order valence-corrected chi connectivity index (χ1v) is 11.1. The standard InChI is InChI=1S/C25H20FN5S/c1-14-3-8-19(26)23-22(14)18(15(2)31-23)9-10-28-25-24-20(29-13-30-25)11-21(32-24)17-6-4-16(12-27)5-7-17/h3-8,11,13,31H,9-10H2,1-2H3,(H,28,29,30). The summed E-state index contributed by atoms with van der Waals surface area (Å²) >= 11 is 1.62. The number of aryl methyl sites for hydroxylation is 2. The molecular formula is C25H20FN5S. The van der Waals surface area contributed by atoms with Crippen molar-refractivity contribution in [2.24, 2.45) is 0 Å². The number of benzene rings is 2. The van der Waals surface area contributed by atoms with Crippen LogP contribution >= 0.6 is 11.3 Å². The molecule has 0 saturated carbocycles. The molecule has 0 saturated heterocycles. The van der Waals surface area contributed by atoms with E-state index in [4.69, 9.17) is 5.26 Å². The molecule has 7 heteroatoms. The van der Waals surface area contributed by atoms with E-state index in [0.29, 0.717) is 17.6 Å². The highest BCUT2D eigenvalue weighted by atomic mass is 32.1. The van der Waals surface area contributed by atoms with Crippen LogP contribution in [0.25, 0.3) is 31.6 Å². The quantitative estimate of drug-likeness (QED) is 0.344. The molecule has 0 aliphatic heterocycles. The molecule has 32 heavy (non-hydrogen) atoms. The zero-order valence-electron chi connectivity index (χ0n) is 17.7. The fraction of sp³-hybridized carbons (Fsp3) is 0.160. The maximum absolute atomic E-state index is 14.2. The van der Waals surface area contributed by atoms with Crippen LogP contribution in [0.1, 0.15) is 22.4 Å². The lowest BCUT2D eigenvalue weighted by Gasteiger charge is -2.07. The molecule has 3 aromatic heterocycles. The predicted octanol–water partition coefficient (Wildman–Crippen LogP) is 6.12. The normalized spacial score (nSPS) is 11.2. The van der Waals surface area contributed by atoms with E-state index in [-0.39, 0.29) is 5.82 Å². The van der Waals surface area contributed by atoms with Gasteiger partial charge in [0.05, 0.1) is 27.4 Å². The van der Waals surface area contributed by atoms with Crippen molar-refractivity contribution in [1.29, 1.82) is 5.26 Å². The fourth-order valence-electron chi connectivity index (χ4n) is 4.09. The van der Waals surface area contributed by atoms with Crippen LogP contribution in [0, 0.1) is 31.0 Å². The highest BCUT2D eigenvalue weighted by molar-refractivity contribution is 7.22. The van der Waals surface area contributed by atoms with Crippen molar-refractivity contribution in [3.8, 4) is 16.5 Å². The first kappa shape index (κ1) is 20.2. The number of aromatic nitrogens is 3. The van der Waals surface area contributed by atoms with Crippen molar-refractivity contribution in [2.75, 3.05) is 11.9 Å². The summed E-state index contributed by atoms with van der Waals surface area (Å²) in [5.41, 5.74) is 6.32. The molecular weight excluding hydrogens is 421 g/mol. The highest BCUT2D eigenvalue weighted by Crippen LogP contribution is 2.36. The average Bonchev–Trinajstić information content (AvgIpc) is 3.39. The second kappa shape index (κ2) is 8.06. The van der Waals surface area contributed by atoms with Crippen molar-refractivity contribution in [3.63, 3.8) is 0 Å². The number of anilines is 1. The average molecular weight is 442 g/mol. The van der Waals surface area contributed by atoms with Gasteiger partial charge in [-0.2, -0.15) is 5.26 Å². The molecule has 5 nitrogen and oxygen atoms in total. The summed E-state index contributed by atoms with van der Waals surface area (Å²) < 4.78 is 15.2. The van der Waals surface area contributed by atoms with Crippen molar-refractivity contribution >= 4 is 38.3 Å². The Balaban J connectivity index is 1.40. The third-order valence-electron chi connectivity index (χ3n) is 5.71. The highest BCUT2D eigenvalue weighted by Gasteiger charge is 2.15. The van der Waals surface area contributed by atoms with Gasteiger partial charge in [0, 0.05) is 22.5 Å². The third-order valence-corrected chi connectivity index (χ3v) is 6.89. The number of nitriles is 1. The number of aromatic amines is 1. The number of thiophene rings is 1. The molecule has 0 radical (unpaired) electrons. The number of hydrogen-bond acceptors (Lipinski definition) is 5. The van der Waals surface area contributed by atoms with E-state index in [9.17, 15) is 4.39 Å². The summed E-state index contributed by atoms with van der Waals surface area (Å²) in [6, 6.07) is 15.1. The van der Waals surface area contributed by atoms with Crippen LogP contribution in [-0.2, 0) is 6.42 Å². The SMILES string of the molecule is Cc1[nH]c2c(F)ccc(C)c2c1CCNc1ncnc2cc(-c3ccc(C#N)cc3)sc12. The molecule has 0 unspecified atom stereocenters. The monoisotopic (exact) mass is 441 g/mol. The Morgan fingerprint density at radius 3 is 2.72 bits per heavy atom. The Bertz CT molecular complexity index is 1490. The smallest absolute Gasteiger partial charge is 0.147 e. The Morgan fingerprint density at radius 2 is 1.94 bits per heavy atom. The van der Waals surface area contributed by atoms with E-state index in [0.717, 1.165) is 55.1 Å². The largest absolute Gasteiger partial charge is 0.368 e. The Kier molecular flexibility index (Phi) is 5.08. The second-order valence-corrected chi connectivity index (χ2v) is 8.81. The molecule has 0 aliphatic carbocycles. The molecule has 0 amide bonds. The minimum Gasteiger partial charge on any atom is -0.368 e. The number of halogens is 1. The summed E-state index contributed by atoms with van der Waals surface area (Å²) in [6.07, 6.45) is 2.31. The second-order valence-electron chi connectivity index (χ2n) is 7.76. The molecule has 0 fully saturated rings. The summed E-state index contributed by atoms with van der Waals surface area (Å²) in [7, 11) is 0. The number of hydrogen-bond donors (Lipinski definition) is 2. The molecule has 158 valence electrons. The van der Waals surface area contributed by atoms with Gasteiger partial charge < -0.3 is 10.3 Å². The summed E-state index contributed by atoms with van der Waals surface area (Å²) in [5, 5.41) is 13.4. The molecule has 0 bridgehead atoms. The van der Waals surface area contributed by atoms with Gasteiger partial charge in [-0.1, -0.05) is 18.2 Å². The molecule has 0 atom stereocenters. The third kappa shape index (κ3) is 3.49. The zero-order valence-corrected chi connectivity index (χ0v) is 18.5. The topological polar surface area (TPSA) is 77.4 Å². The van der Waals surface area contributed by atoms with Crippen molar-refractivity contribution in [3.05, 3.63) is 77.0 Å². The zero-order chi connectivity index (χ0) is 22.2. The molecule has 0 aliphatic rings. The summed E-state index contributed by atoms with van der Waals surface area (Å²) in [5.74, 6) is 0.569. The van der Waals surface area contributed by atoms with E-state index >= 15 is 0 Å². The first-order chi connectivity index (χ1) is 15.5. The van der Waals surface area contributed by atoms with Gasteiger partial charge in [0.25, 0.3) is 0 Å². The Hall–Kier alpha value is -3.76. The van der Waals surface area contributed by atoms with Crippen LogP contribution in [0.3, 0.4) is 0 Å². The predicted molar refractivity (Wildman–Crippen MR) is 127 cm³/mol. The maximum atomic E-state index is 14.2. The number of nitrogens with zero attached hydrogens (tertiary/aromatic N) is 3. The van der Waals surface area contributed by atoms with Crippen molar-refractivity contribution in [2.45, 2.75) is 20.3 Å². The van der Waals surface area contributed by atoms with Gasteiger partial charge in [-0.25, -0.2) is 14.4 Å². The minimum atomic E-state index is -0.223. The lowest BCUT2D eigenvalue weighted by molar-refractivity contribution is 0.637. The van der Waals surface area contributed by atoms with Gasteiger partial charge in [0.2, 0.25) is 0 Å². The molecule has 2 aromatic carbocycles. The van der Waals surface area contributed by atoms with Gasteiger partial charge in [0.15, 0.2) is 0 Å². The van der Waals surface area contributed by atoms with Gasteiger partial charge in [-0.3, -0.25) is 0 Å². The van der Waals surface area contributed by atoms with Gasteiger partial charge in [0.1, 0.15) is 18.0 Å². The molecule has 5 aromatic rings. The number of H-pyrrole nitrogens is 1. The van der Waals surface area contributed by atoms with Crippen LogP contribution in [-0.4, -0.2) is 21.5 Å². The van der Waals surface area contributed by atoms with Crippen LogP contribution in [0.2, 0.25) is 0 Å². The summed E-state index contributed by atoms with van der Waals surface area (Å²) in [4.78, 5) is 13.1. The van der Waals surface area contributed by atoms with Crippen molar-refractivity contribution < 1.29 is 4.39 Å². The van der Waals surface area contributed by atoms with Gasteiger partial charge >= 0.3 is 0 Å². The molecule has 5 rings (SSSR count). The fourth-order valence-corrected chi connectivity index (χ4v) is 5.18. The first-order valence-electron chi connectivity index (χ1n) is 10.3. The lowest BCUT2D eigenvalue weighted by Crippen LogP contribution is -2.07. The number of rotatable bonds is 5. The van der Waals surface area contributed by atoms with Gasteiger partial charge in [-0.15, -0.1) is 11.3 Å². The van der Waals surface area contributed by atoms with E-state index in [1.807, 2.05) is 50.2 Å². The lowest BCUT2D eigenvalue weighted by atomic mass is 10.0. The molecule has 3 heterocycles. The Labute approximate surface area is 188 Å². The Morgan fingerprint density at radius 1 is 1.12 bits per heavy atom. The minimum absolute atomic E-state index is 0.223. The summed E-state index contributed by atoms with van der Waals surface area (Å²) in [6.45, 7) is 4.66. The van der Waals surface area contributed by atoms with Crippen LogP contribution in [0.15, 0.2) is 48.8 Å². The molecule has 2 N–H and O–H groups in total. The molecule has 0 spiro atoms. The van der Waals surface area contributed by atoms with E-state index in [1.165, 1.54) is 6.07 Å². The van der Waals surface area contributed by atoms with E-state index < -0.39 is 0 Å². The maximum Gasteiger partial charge on any atom is 0.147 e. The van der Waals surface area contributed by atoms with E-state index in [1.54, 1.807) is 17.7 Å². The number of nitrogens with one attached hydrogen (secondary N) is 2. The van der Waals surface area contributed by atoms with Gasteiger partial charge in [-0.05, 0) is 61.2 Å². The van der Waals surface area contributed by atoms with Crippen LogP contribution in [0.4, 0.5) is 10.2 Å². The number of fused-ring (bicyclic) bond motifs is 2. The van der Waals surface area contributed by atoms with Crippen LogP contribution < -0.4 is 5.32 Å². The van der Waals surface area contributed by atoms with E-state index in [2.05, 4.69) is 26.3 Å².